The molecular formula is C31H30F5N9O2. The molecule has 47 heavy (non-hydrogen) atoms. The van der Waals surface area contributed by atoms with Gasteiger partial charge in [0.15, 0.2) is 0 Å². The molecule has 5 aromatic rings. The van der Waals surface area contributed by atoms with Crippen LogP contribution in [0.4, 0.5) is 27.8 Å². The monoisotopic (exact) mass is 655 g/mol. The van der Waals surface area contributed by atoms with Crippen molar-refractivity contribution in [1.29, 1.82) is 0 Å². The summed E-state index contributed by atoms with van der Waals surface area (Å²) in [7, 11) is 0. The van der Waals surface area contributed by atoms with Gasteiger partial charge in [0, 0.05) is 43.9 Å². The standard InChI is InChI=1S/C31H30F5N9O2/c1-21(30(47,17-43-19-37-18-39-43)26-7-5-24(32)14-27(26)33)41-9-11-42(12-10-41)28-8-6-25(15-38-28)44-20-40-45(29(44)46)16-22-3-2-4-23(13-22)31(34,35)36/h2-8,13-15,18-21,47H,9-12,16-17H2,1H3/t21-,30-/m1/s1. The third kappa shape index (κ3) is 6.64. The molecule has 16 heteroatoms. The second-order valence-electron chi connectivity index (χ2n) is 11.4. The van der Waals surface area contributed by atoms with Gasteiger partial charge in [0.2, 0.25) is 0 Å². The fourth-order valence-corrected chi connectivity index (χ4v) is 5.83. The average molecular weight is 656 g/mol. The van der Waals surface area contributed by atoms with Gasteiger partial charge in [0.05, 0.1) is 30.5 Å². The van der Waals surface area contributed by atoms with Crippen molar-refractivity contribution < 1.29 is 27.1 Å². The lowest BCUT2D eigenvalue weighted by atomic mass is 9.85. The van der Waals surface area contributed by atoms with Gasteiger partial charge in [-0.1, -0.05) is 18.2 Å². The summed E-state index contributed by atoms with van der Waals surface area (Å²) in [6, 6.07) is 10.7. The lowest BCUT2D eigenvalue weighted by molar-refractivity contribution is -0.137. The number of nitrogens with zero attached hydrogens (tertiary/aromatic N) is 9. The summed E-state index contributed by atoms with van der Waals surface area (Å²) in [5.41, 5.74) is -2.42. The number of piperazine rings is 1. The number of pyridine rings is 1. The van der Waals surface area contributed by atoms with Gasteiger partial charge in [-0.25, -0.2) is 37.5 Å². The van der Waals surface area contributed by atoms with Gasteiger partial charge in [-0.05, 0) is 42.8 Å². The average Bonchev–Trinajstić information content (AvgIpc) is 3.70. The van der Waals surface area contributed by atoms with Crippen LogP contribution in [0.3, 0.4) is 0 Å². The molecule has 2 atom stereocenters. The Morgan fingerprint density at radius 3 is 2.40 bits per heavy atom. The fourth-order valence-electron chi connectivity index (χ4n) is 5.83. The summed E-state index contributed by atoms with van der Waals surface area (Å²) >= 11 is 0. The third-order valence-corrected chi connectivity index (χ3v) is 8.47. The molecule has 1 aliphatic heterocycles. The highest BCUT2D eigenvalue weighted by molar-refractivity contribution is 5.44. The first-order valence-corrected chi connectivity index (χ1v) is 14.7. The van der Waals surface area contributed by atoms with Crippen LogP contribution in [-0.4, -0.2) is 76.3 Å². The molecule has 0 aliphatic carbocycles. The summed E-state index contributed by atoms with van der Waals surface area (Å²) in [4.78, 5) is 25.5. The van der Waals surface area contributed by atoms with E-state index >= 15 is 0 Å². The number of aliphatic hydroxyl groups is 1. The maximum atomic E-state index is 15.0. The molecule has 1 fully saturated rings. The van der Waals surface area contributed by atoms with E-state index in [1.165, 1.54) is 52.6 Å². The Balaban J connectivity index is 1.13. The van der Waals surface area contributed by atoms with Gasteiger partial charge in [-0.2, -0.15) is 23.4 Å². The lowest BCUT2D eigenvalue weighted by Crippen LogP contribution is -2.57. The van der Waals surface area contributed by atoms with E-state index in [9.17, 15) is 31.9 Å². The Morgan fingerprint density at radius 1 is 0.957 bits per heavy atom. The molecule has 6 rings (SSSR count). The molecular weight excluding hydrogens is 625 g/mol. The van der Waals surface area contributed by atoms with Gasteiger partial charge in [-0.3, -0.25) is 4.90 Å². The van der Waals surface area contributed by atoms with E-state index in [0.29, 0.717) is 37.7 Å². The molecule has 1 N–H and O–H groups in total. The normalized spacial score (nSPS) is 16.3. The minimum atomic E-state index is -4.50. The van der Waals surface area contributed by atoms with Crippen LogP contribution < -0.4 is 10.6 Å². The van der Waals surface area contributed by atoms with Crippen LogP contribution in [-0.2, 0) is 24.9 Å². The molecule has 11 nitrogen and oxygen atoms in total. The number of hydrogen-bond donors (Lipinski definition) is 1. The molecule has 0 bridgehead atoms. The van der Waals surface area contributed by atoms with Crippen molar-refractivity contribution in [3.63, 3.8) is 0 Å². The summed E-state index contributed by atoms with van der Waals surface area (Å²) in [6.07, 6.45) is 1.03. The zero-order valence-corrected chi connectivity index (χ0v) is 25.1. The second-order valence-corrected chi connectivity index (χ2v) is 11.4. The number of alkyl halides is 3. The highest BCUT2D eigenvalue weighted by atomic mass is 19.4. The number of anilines is 1. The van der Waals surface area contributed by atoms with Gasteiger partial charge in [0.25, 0.3) is 0 Å². The molecule has 4 heterocycles. The fraction of sp³-hybridized carbons (Fsp3) is 0.323. The first-order valence-electron chi connectivity index (χ1n) is 14.7. The summed E-state index contributed by atoms with van der Waals surface area (Å²) in [5.74, 6) is -0.960. The summed E-state index contributed by atoms with van der Waals surface area (Å²) < 4.78 is 71.7. The summed E-state index contributed by atoms with van der Waals surface area (Å²) in [5, 5.41) is 20.1. The smallest absolute Gasteiger partial charge is 0.381 e. The number of benzene rings is 2. The Hall–Kier alpha value is -4.96. The van der Waals surface area contributed by atoms with E-state index < -0.39 is 40.7 Å². The van der Waals surface area contributed by atoms with Crippen molar-refractivity contribution in [3.05, 3.63) is 119 Å². The van der Waals surface area contributed by atoms with E-state index in [-0.39, 0.29) is 24.2 Å². The van der Waals surface area contributed by atoms with Crippen molar-refractivity contribution >= 4 is 5.82 Å². The highest BCUT2D eigenvalue weighted by Gasteiger charge is 2.42. The molecule has 0 saturated carbocycles. The van der Waals surface area contributed by atoms with E-state index in [4.69, 9.17) is 0 Å². The minimum absolute atomic E-state index is 0.0463. The van der Waals surface area contributed by atoms with Crippen molar-refractivity contribution in [2.75, 3.05) is 31.1 Å². The van der Waals surface area contributed by atoms with Crippen molar-refractivity contribution in [3.8, 4) is 5.69 Å². The SMILES string of the molecule is C[C@@H](N1CCN(c2ccc(-n3cnn(Cc4cccc(C(F)(F)F)c4)c3=O)cn2)CC1)[C@](O)(Cn1cncn1)c1ccc(F)cc1F. The van der Waals surface area contributed by atoms with Crippen LogP contribution in [0, 0.1) is 11.6 Å². The topological polar surface area (TPSA) is 110 Å². The molecule has 0 unspecified atom stereocenters. The zero-order chi connectivity index (χ0) is 33.3. The van der Waals surface area contributed by atoms with Crippen LogP contribution in [0.2, 0.25) is 0 Å². The quantitative estimate of drug-likeness (QED) is 0.241. The van der Waals surface area contributed by atoms with Crippen molar-refractivity contribution in [2.24, 2.45) is 0 Å². The number of halogens is 5. The molecule has 1 aliphatic rings. The van der Waals surface area contributed by atoms with Gasteiger partial charge in [-0.15, -0.1) is 0 Å². The maximum Gasteiger partial charge on any atom is 0.416 e. The number of hydrogen-bond acceptors (Lipinski definition) is 8. The first-order chi connectivity index (χ1) is 22.4. The summed E-state index contributed by atoms with van der Waals surface area (Å²) in [6.45, 7) is 3.59. The van der Waals surface area contributed by atoms with Crippen molar-refractivity contribution in [2.45, 2.75) is 37.8 Å². The largest absolute Gasteiger partial charge is 0.416 e. The predicted molar refractivity (Wildman–Crippen MR) is 160 cm³/mol. The molecule has 1 saturated heterocycles. The molecule has 2 aromatic carbocycles. The highest BCUT2D eigenvalue weighted by Crippen LogP contribution is 2.34. The predicted octanol–water partition coefficient (Wildman–Crippen LogP) is 3.46. The van der Waals surface area contributed by atoms with Crippen LogP contribution in [0.25, 0.3) is 5.69 Å². The van der Waals surface area contributed by atoms with Crippen LogP contribution in [0.15, 0.2) is 84.6 Å². The Kier molecular flexibility index (Phi) is 8.63. The minimum Gasteiger partial charge on any atom is -0.381 e. The number of rotatable bonds is 9. The van der Waals surface area contributed by atoms with Crippen molar-refractivity contribution in [1.82, 2.24) is 39.0 Å². The van der Waals surface area contributed by atoms with Crippen LogP contribution >= 0.6 is 0 Å². The zero-order valence-electron chi connectivity index (χ0n) is 25.1. The van der Waals surface area contributed by atoms with E-state index in [1.807, 2.05) is 9.80 Å². The molecule has 0 amide bonds. The van der Waals surface area contributed by atoms with Gasteiger partial charge in [0.1, 0.15) is 42.0 Å². The molecule has 3 aromatic heterocycles. The van der Waals surface area contributed by atoms with Gasteiger partial charge >= 0.3 is 11.9 Å². The molecule has 246 valence electrons. The lowest BCUT2D eigenvalue weighted by Gasteiger charge is -2.45. The van der Waals surface area contributed by atoms with E-state index in [1.54, 1.807) is 19.1 Å². The Morgan fingerprint density at radius 2 is 1.74 bits per heavy atom. The molecule has 0 spiro atoms. The Bertz CT molecular complexity index is 1880. The number of aromatic nitrogens is 7. The van der Waals surface area contributed by atoms with Crippen LogP contribution in [0.1, 0.15) is 23.6 Å². The van der Waals surface area contributed by atoms with E-state index in [0.717, 1.165) is 28.9 Å². The third-order valence-electron chi connectivity index (χ3n) is 8.47. The van der Waals surface area contributed by atoms with Gasteiger partial charge < -0.3 is 10.0 Å². The maximum absolute atomic E-state index is 15.0. The first kappa shape index (κ1) is 32.0. The van der Waals surface area contributed by atoms with Crippen LogP contribution in [0.5, 0.6) is 0 Å². The second kappa shape index (κ2) is 12.7. The van der Waals surface area contributed by atoms with E-state index in [2.05, 4.69) is 20.2 Å². The Labute approximate surface area is 265 Å². The molecule has 0 radical (unpaired) electrons.